The molecule has 148 valence electrons. The van der Waals surface area contributed by atoms with Gasteiger partial charge in [0.2, 0.25) is 0 Å². The van der Waals surface area contributed by atoms with Crippen LogP contribution in [0.25, 0.3) is 4.85 Å². The van der Waals surface area contributed by atoms with Crippen LogP contribution >= 0.6 is 0 Å². The molecule has 0 aromatic heterocycles. The van der Waals surface area contributed by atoms with Crippen molar-refractivity contribution in [3.05, 3.63) is 89.8 Å². The van der Waals surface area contributed by atoms with Crippen molar-refractivity contribution >= 4 is 21.4 Å². The lowest BCUT2D eigenvalue weighted by atomic mass is 10.2. The zero-order valence-electron chi connectivity index (χ0n) is 14.6. The molecule has 0 saturated carbocycles. The normalized spacial score (nSPS) is 11.5. The van der Waals surface area contributed by atoms with Gasteiger partial charge < -0.3 is 4.74 Å². The second-order valence-electron chi connectivity index (χ2n) is 5.87. The number of anilines is 1. The third-order valence-corrected chi connectivity index (χ3v) is 5.14. The maximum absolute atomic E-state index is 12.8. The predicted octanol–water partition coefficient (Wildman–Crippen LogP) is 5.85. The van der Waals surface area contributed by atoms with Gasteiger partial charge in [-0.3, -0.25) is 4.72 Å². The lowest BCUT2D eigenvalue weighted by Crippen LogP contribution is -2.14. The van der Waals surface area contributed by atoms with Crippen molar-refractivity contribution in [1.29, 1.82) is 0 Å². The van der Waals surface area contributed by atoms with Gasteiger partial charge in [0.1, 0.15) is 11.5 Å². The van der Waals surface area contributed by atoms with Gasteiger partial charge in [0.25, 0.3) is 10.0 Å². The number of nitrogens with one attached hydrogen (secondary N) is 1. The van der Waals surface area contributed by atoms with E-state index in [2.05, 4.69) is 9.57 Å². The van der Waals surface area contributed by atoms with Crippen LogP contribution in [0.2, 0.25) is 0 Å². The van der Waals surface area contributed by atoms with Crippen LogP contribution in [0.1, 0.15) is 5.56 Å². The molecule has 0 aliphatic rings. The highest BCUT2D eigenvalue weighted by molar-refractivity contribution is 7.92. The number of halogens is 3. The molecule has 5 nitrogen and oxygen atoms in total. The molecule has 0 aliphatic heterocycles. The Morgan fingerprint density at radius 2 is 1.59 bits per heavy atom. The highest BCUT2D eigenvalue weighted by atomic mass is 32.2. The van der Waals surface area contributed by atoms with Crippen molar-refractivity contribution in [2.45, 2.75) is 11.1 Å². The summed E-state index contributed by atoms with van der Waals surface area (Å²) in [5.74, 6) is 0.750. The van der Waals surface area contributed by atoms with Crippen LogP contribution in [0.5, 0.6) is 11.5 Å². The average Bonchev–Trinajstić information content (AvgIpc) is 2.68. The highest BCUT2D eigenvalue weighted by Crippen LogP contribution is 2.31. The SMILES string of the molecule is [C-]#[N+]c1ccc(Oc2cccc(NS(=O)(=O)c3cccc(C(F)(F)F)c3)c2)cc1. The molecular weight excluding hydrogens is 405 g/mol. The van der Waals surface area contributed by atoms with Crippen LogP contribution < -0.4 is 9.46 Å². The van der Waals surface area contributed by atoms with Gasteiger partial charge >= 0.3 is 6.18 Å². The number of hydrogen-bond acceptors (Lipinski definition) is 3. The second kappa shape index (κ2) is 7.85. The number of rotatable bonds is 5. The average molecular weight is 418 g/mol. The molecule has 0 radical (unpaired) electrons. The molecule has 0 saturated heterocycles. The van der Waals surface area contributed by atoms with E-state index in [9.17, 15) is 21.6 Å². The lowest BCUT2D eigenvalue weighted by molar-refractivity contribution is -0.137. The smallest absolute Gasteiger partial charge is 0.416 e. The molecule has 1 N–H and O–H groups in total. The zero-order valence-corrected chi connectivity index (χ0v) is 15.5. The van der Waals surface area contributed by atoms with Gasteiger partial charge in [-0.15, -0.1) is 0 Å². The number of hydrogen-bond donors (Lipinski definition) is 1. The standard InChI is InChI=1S/C20H13F3N2O3S/c1-24-15-8-10-17(11-9-15)28-18-6-3-5-16(13-18)25-29(26,27)19-7-2-4-14(12-19)20(21,22)23/h2-13,25H. The lowest BCUT2D eigenvalue weighted by Gasteiger charge is -2.12. The van der Waals surface area contributed by atoms with Gasteiger partial charge in [-0.05, 0) is 42.5 Å². The van der Waals surface area contributed by atoms with Gasteiger partial charge in [-0.1, -0.05) is 24.3 Å². The molecule has 9 heteroatoms. The fourth-order valence-corrected chi connectivity index (χ4v) is 3.50. The molecule has 0 fully saturated rings. The largest absolute Gasteiger partial charge is 0.457 e. The Balaban J connectivity index is 1.81. The fourth-order valence-electron chi connectivity index (χ4n) is 2.40. The van der Waals surface area contributed by atoms with Crippen molar-refractivity contribution in [3.8, 4) is 11.5 Å². The van der Waals surface area contributed by atoms with Crippen LogP contribution in [-0.4, -0.2) is 8.42 Å². The minimum Gasteiger partial charge on any atom is -0.457 e. The molecule has 0 spiro atoms. The first-order valence-electron chi connectivity index (χ1n) is 8.13. The van der Waals surface area contributed by atoms with Crippen molar-refractivity contribution < 1.29 is 26.3 Å². The number of sulfonamides is 1. The quantitative estimate of drug-likeness (QED) is 0.529. The zero-order chi connectivity index (χ0) is 21.1. The second-order valence-corrected chi connectivity index (χ2v) is 7.55. The molecule has 3 aromatic carbocycles. The van der Waals surface area contributed by atoms with E-state index in [1.54, 1.807) is 30.3 Å². The summed E-state index contributed by atoms with van der Waals surface area (Å²) < 4.78 is 71.3. The van der Waals surface area contributed by atoms with Crippen LogP contribution in [0.3, 0.4) is 0 Å². The van der Waals surface area contributed by atoms with E-state index in [1.807, 2.05) is 0 Å². The summed E-state index contributed by atoms with van der Waals surface area (Å²) in [5, 5.41) is 0. The Hall–Kier alpha value is -3.51. The van der Waals surface area contributed by atoms with Crippen LogP contribution in [0.4, 0.5) is 24.5 Å². The summed E-state index contributed by atoms with van der Waals surface area (Å²) in [6.45, 7) is 6.92. The molecule has 0 amide bonds. The Kier molecular flexibility index (Phi) is 5.48. The number of ether oxygens (including phenoxy) is 1. The Morgan fingerprint density at radius 3 is 2.24 bits per heavy atom. The topological polar surface area (TPSA) is 59.8 Å². The summed E-state index contributed by atoms with van der Waals surface area (Å²) in [5.41, 5.74) is -0.488. The maximum atomic E-state index is 12.8. The maximum Gasteiger partial charge on any atom is 0.416 e. The Labute approximate surface area is 165 Å². The van der Waals surface area contributed by atoms with Crippen molar-refractivity contribution in [1.82, 2.24) is 0 Å². The van der Waals surface area contributed by atoms with E-state index in [0.717, 1.165) is 18.2 Å². The highest BCUT2D eigenvalue weighted by Gasteiger charge is 2.31. The van der Waals surface area contributed by atoms with Crippen molar-refractivity contribution in [3.63, 3.8) is 0 Å². The molecule has 0 bridgehead atoms. The summed E-state index contributed by atoms with van der Waals surface area (Å²) >= 11 is 0. The van der Waals surface area contributed by atoms with Crippen LogP contribution in [0.15, 0.2) is 77.7 Å². The molecular formula is C20H13F3N2O3S. The van der Waals surface area contributed by atoms with E-state index in [-0.39, 0.29) is 5.69 Å². The third kappa shape index (κ3) is 5.06. The van der Waals surface area contributed by atoms with Crippen LogP contribution in [-0.2, 0) is 16.2 Å². The molecule has 3 aromatic rings. The van der Waals surface area contributed by atoms with Crippen molar-refractivity contribution in [2.75, 3.05) is 4.72 Å². The first kappa shape index (κ1) is 20.2. The van der Waals surface area contributed by atoms with Crippen LogP contribution in [0, 0.1) is 6.57 Å². The fraction of sp³-hybridized carbons (Fsp3) is 0.0500. The summed E-state index contributed by atoms with van der Waals surface area (Å²) in [7, 11) is -4.23. The first-order chi connectivity index (χ1) is 13.7. The van der Waals surface area contributed by atoms with E-state index >= 15 is 0 Å². The predicted molar refractivity (Wildman–Crippen MR) is 101 cm³/mol. The van der Waals surface area contributed by atoms with Gasteiger partial charge in [-0.25, -0.2) is 13.3 Å². The minimum absolute atomic E-state index is 0.123. The van der Waals surface area contributed by atoms with Gasteiger partial charge in [-0.2, -0.15) is 13.2 Å². The third-order valence-electron chi connectivity index (χ3n) is 3.76. The minimum atomic E-state index is -4.65. The van der Waals surface area contributed by atoms with E-state index in [4.69, 9.17) is 11.3 Å². The Morgan fingerprint density at radius 1 is 0.897 bits per heavy atom. The molecule has 0 aliphatic carbocycles. The number of alkyl halides is 3. The van der Waals surface area contributed by atoms with E-state index in [1.165, 1.54) is 18.2 Å². The van der Waals surface area contributed by atoms with Gasteiger partial charge in [0.15, 0.2) is 5.69 Å². The van der Waals surface area contributed by atoms with E-state index in [0.29, 0.717) is 23.3 Å². The molecule has 0 unspecified atom stereocenters. The summed E-state index contributed by atoms with van der Waals surface area (Å²) in [6, 6.07) is 15.8. The summed E-state index contributed by atoms with van der Waals surface area (Å²) in [6.07, 6.45) is -4.65. The first-order valence-corrected chi connectivity index (χ1v) is 9.61. The molecule has 3 rings (SSSR count). The van der Waals surface area contributed by atoms with Gasteiger partial charge in [0.05, 0.1) is 22.7 Å². The van der Waals surface area contributed by atoms with E-state index < -0.39 is 26.7 Å². The Bertz CT molecular complexity index is 1170. The van der Waals surface area contributed by atoms with Crippen molar-refractivity contribution in [2.24, 2.45) is 0 Å². The summed E-state index contributed by atoms with van der Waals surface area (Å²) in [4.78, 5) is 2.76. The molecule has 0 heterocycles. The van der Waals surface area contributed by atoms with Gasteiger partial charge in [0, 0.05) is 6.07 Å². The number of nitrogens with zero attached hydrogens (tertiary/aromatic N) is 1. The molecule has 0 atom stereocenters. The monoisotopic (exact) mass is 418 g/mol. The number of benzene rings is 3. The molecule has 29 heavy (non-hydrogen) atoms.